The van der Waals surface area contributed by atoms with Gasteiger partial charge in [0, 0.05) is 21.8 Å². The van der Waals surface area contributed by atoms with Crippen molar-refractivity contribution >= 4 is 35.0 Å². The molecule has 0 spiro atoms. The van der Waals surface area contributed by atoms with E-state index in [1.165, 1.54) is 11.8 Å². The summed E-state index contributed by atoms with van der Waals surface area (Å²) in [5, 5.41) is 13.8. The molecule has 0 saturated carbocycles. The predicted octanol–water partition coefficient (Wildman–Crippen LogP) is 6.67. The number of nitrogens with one attached hydrogen (secondary N) is 1. The highest BCUT2D eigenvalue weighted by Crippen LogP contribution is 2.34. The lowest BCUT2D eigenvalue weighted by Crippen LogP contribution is -2.14. The third-order valence-corrected chi connectivity index (χ3v) is 5.91. The molecule has 0 aliphatic carbocycles. The zero-order valence-corrected chi connectivity index (χ0v) is 18.5. The minimum atomic E-state index is -0.200. The maximum Gasteiger partial charge on any atom is 0.234 e. The maximum atomic E-state index is 12.5. The zero-order chi connectivity index (χ0) is 22.3. The number of rotatable bonds is 6. The van der Waals surface area contributed by atoms with Crippen LogP contribution in [0.25, 0.3) is 22.4 Å². The third-order valence-electron chi connectivity index (χ3n) is 4.70. The summed E-state index contributed by atoms with van der Waals surface area (Å²) in [6.45, 7) is 0. The molecule has 0 aliphatic heterocycles. The summed E-state index contributed by atoms with van der Waals surface area (Å²) < 4.78 is 0. The first-order chi connectivity index (χ1) is 15.6. The van der Waals surface area contributed by atoms with Crippen LogP contribution < -0.4 is 5.32 Å². The average Bonchev–Trinajstić information content (AvgIpc) is 2.83. The Labute approximate surface area is 195 Å². The highest BCUT2D eigenvalue weighted by Gasteiger charge is 2.17. The van der Waals surface area contributed by atoms with Crippen LogP contribution in [0.1, 0.15) is 5.56 Å². The van der Waals surface area contributed by atoms with Gasteiger partial charge in [-0.3, -0.25) is 4.79 Å². The van der Waals surface area contributed by atoms with Gasteiger partial charge < -0.3 is 5.32 Å². The first kappa shape index (κ1) is 21.6. The number of benzene rings is 3. The molecule has 4 rings (SSSR count). The van der Waals surface area contributed by atoms with Crippen molar-refractivity contribution in [1.29, 1.82) is 5.26 Å². The number of carbonyl (C=O) groups is 1. The number of halogens is 1. The molecule has 0 saturated heterocycles. The van der Waals surface area contributed by atoms with Crippen LogP contribution in [0.4, 0.5) is 5.69 Å². The monoisotopic (exact) mass is 455 g/mol. The van der Waals surface area contributed by atoms with Gasteiger partial charge in [-0.1, -0.05) is 90.1 Å². The summed E-state index contributed by atoms with van der Waals surface area (Å²) >= 11 is 7.23. The molecular formula is C26H18ClN3OS. The van der Waals surface area contributed by atoms with Crippen molar-refractivity contribution in [3.05, 3.63) is 102 Å². The highest BCUT2D eigenvalue weighted by molar-refractivity contribution is 8.00. The molecule has 0 aliphatic rings. The standard InChI is InChI=1S/C26H18ClN3OS/c27-20-12-7-13-21(14-20)29-25(31)17-32-26-23(16-28)22(18-8-3-1-4-9-18)15-24(30-26)19-10-5-2-6-11-19/h1-15H,17H2,(H,29,31). The number of hydrogen-bond donors (Lipinski definition) is 1. The number of thioether (sulfide) groups is 1. The molecular weight excluding hydrogens is 438 g/mol. The van der Waals surface area contributed by atoms with Crippen molar-refractivity contribution in [3.8, 4) is 28.5 Å². The van der Waals surface area contributed by atoms with Crippen LogP contribution in [0.2, 0.25) is 5.02 Å². The number of pyridine rings is 1. The fourth-order valence-corrected chi connectivity index (χ4v) is 4.23. The van der Waals surface area contributed by atoms with Gasteiger partial charge >= 0.3 is 0 Å². The van der Waals surface area contributed by atoms with Crippen molar-refractivity contribution in [2.24, 2.45) is 0 Å². The largest absolute Gasteiger partial charge is 0.325 e. The number of nitrogens with zero attached hydrogens (tertiary/aromatic N) is 2. The summed E-state index contributed by atoms with van der Waals surface area (Å²) in [4.78, 5) is 17.3. The van der Waals surface area contributed by atoms with E-state index in [0.717, 1.165) is 22.4 Å². The Kier molecular flexibility index (Phi) is 6.86. The van der Waals surface area contributed by atoms with Gasteiger partial charge in [0.25, 0.3) is 0 Å². The van der Waals surface area contributed by atoms with E-state index < -0.39 is 0 Å². The average molecular weight is 456 g/mol. The fourth-order valence-electron chi connectivity index (χ4n) is 3.23. The Morgan fingerprint density at radius 2 is 1.62 bits per heavy atom. The maximum absolute atomic E-state index is 12.5. The minimum Gasteiger partial charge on any atom is -0.325 e. The van der Waals surface area contributed by atoms with E-state index in [1.54, 1.807) is 24.3 Å². The molecule has 0 bridgehead atoms. The molecule has 32 heavy (non-hydrogen) atoms. The number of amides is 1. The molecule has 3 aromatic carbocycles. The zero-order valence-electron chi connectivity index (χ0n) is 17.0. The van der Waals surface area contributed by atoms with Crippen molar-refractivity contribution in [2.45, 2.75) is 5.03 Å². The first-order valence-electron chi connectivity index (χ1n) is 9.88. The fraction of sp³-hybridized carbons (Fsp3) is 0.0385. The Balaban J connectivity index is 1.67. The van der Waals surface area contributed by atoms with Gasteiger partial charge in [-0.05, 0) is 29.8 Å². The molecule has 4 aromatic rings. The van der Waals surface area contributed by atoms with Gasteiger partial charge in [0.1, 0.15) is 11.1 Å². The van der Waals surface area contributed by atoms with Crippen LogP contribution in [0.5, 0.6) is 0 Å². The van der Waals surface area contributed by atoms with Crippen molar-refractivity contribution < 1.29 is 4.79 Å². The molecule has 1 N–H and O–H groups in total. The summed E-state index contributed by atoms with van der Waals surface area (Å²) in [5.74, 6) is -0.0879. The topological polar surface area (TPSA) is 65.8 Å². The van der Waals surface area contributed by atoms with Crippen LogP contribution in [-0.2, 0) is 4.79 Å². The van der Waals surface area contributed by atoms with E-state index >= 15 is 0 Å². The van der Waals surface area contributed by atoms with E-state index in [2.05, 4.69) is 11.4 Å². The Hall–Kier alpha value is -3.59. The second-order valence-electron chi connectivity index (χ2n) is 6.93. The molecule has 6 heteroatoms. The number of carbonyl (C=O) groups excluding carboxylic acids is 1. The Bertz CT molecular complexity index is 1290. The minimum absolute atomic E-state index is 0.112. The lowest BCUT2D eigenvalue weighted by molar-refractivity contribution is -0.113. The number of aromatic nitrogens is 1. The van der Waals surface area contributed by atoms with E-state index in [1.807, 2.05) is 66.7 Å². The third kappa shape index (κ3) is 5.17. The van der Waals surface area contributed by atoms with Crippen LogP contribution in [0.15, 0.2) is 96.0 Å². The molecule has 1 heterocycles. The number of hydrogen-bond acceptors (Lipinski definition) is 4. The first-order valence-corrected chi connectivity index (χ1v) is 11.2. The number of nitriles is 1. The van der Waals surface area contributed by atoms with Crippen LogP contribution in [-0.4, -0.2) is 16.6 Å². The molecule has 0 radical (unpaired) electrons. The summed E-state index contributed by atoms with van der Waals surface area (Å²) in [5.41, 5.74) is 4.49. The van der Waals surface area contributed by atoms with Gasteiger partial charge in [0.05, 0.1) is 17.0 Å². The molecule has 1 aromatic heterocycles. The predicted molar refractivity (Wildman–Crippen MR) is 131 cm³/mol. The smallest absolute Gasteiger partial charge is 0.234 e. The van der Waals surface area contributed by atoms with E-state index in [0.29, 0.717) is 21.3 Å². The molecule has 4 nitrogen and oxygen atoms in total. The molecule has 0 unspecified atom stereocenters. The molecule has 0 atom stereocenters. The SMILES string of the molecule is N#Cc1c(-c2ccccc2)cc(-c2ccccc2)nc1SCC(=O)Nc1cccc(Cl)c1. The summed E-state index contributed by atoms with van der Waals surface area (Å²) in [6, 6.07) is 30.7. The van der Waals surface area contributed by atoms with Crippen LogP contribution in [0, 0.1) is 11.3 Å². The van der Waals surface area contributed by atoms with Gasteiger partial charge in [-0.25, -0.2) is 4.98 Å². The Morgan fingerprint density at radius 3 is 2.28 bits per heavy atom. The van der Waals surface area contributed by atoms with Crippen molar-refractivity contribution in [1.82, 2.24) is 4.98 Å². The van der Waals surface area contributed by atoms with Gasteiger partial charge in [-0.2, -0.15) is 5.26 Å². The summed E-state index contributed by atoms with van der Waals surface area (Å²) in [6.07, 6.45) is 0. The van der Waals surface area contributed by atoms with Gasteiger partial charge in [0.15, 0.2) is 0 Å². The quantitative estimate of drug-likeness (QED) is 0.329. The van der Waals surface area contributed by atoms with Crippen LogP contribution >= 0.6 is 23.4 Å². The van der Waals surface area contributed by atoms with Crippen molar-refractivity contribution in [3.63, 3.8) is 0 Å². The Morgan fingerprint density at radius 1 is 0.938 bits per heavy atom. The lowest BCUT2D eigenvalue weighted by Gasteiger charge is -2.13. The normalized spacial score (nSPS) is 10.4. The molecule has 1 amide bonds. The van der Waals surface area contributed by atoms with E-state index in [-0.39, 0.29) is 11.7 Å². The second kappa shape index (κ2) is 10.1. The van der Waals surface area contributed by atoms with Gasteiger partial charge in [0.2, 0.25) is 5.91 Å². The van der Waals surface area contributed by atoms with Gasteiger partial charge in [-0.15, -0.1) is 0 Å². The van der Waals surface area contributed by atoms with Crippen molar-refractivity contribution in [2.75, 3.05) is 11.1 Å². The summed E-state index contributed by atoms with van der Waals surface area (Å²) in [7, 11) is 0. The number of anilines is 1. The van der Waals surface area contributed by atoms with E-state index in [9.17, 15) is 10.1 Å². The molecule has 156 valence electrons. The second-order valence-corrected chi connectivity index (χ2v) is 8.33. The van der Waals surface area contributed by atoms with Crippen LogP contribution in [0.3, 0.4) is 0 Å². The molecule has 0 fully saturated rings. The lowest BCUT2D eigenvalue weighted by atomic mass is 9.99. The highest BCUT2D eigenvalue weighted by atomic mass is 35.5. The van der Waals surface area contributed by atoms with E-state index in [4.69, 9.17) is 16.6 Å².